The van der Waals surface area contributed by atoms with Gasteiger partial charge in [0.15, 0.2) is 6.61 Å². The molecule has 2 unspecified atom stereocenters. The molecule has 2 atom stereocenters. The molecule has 0 saturated carbocycles. The van der Waals surface area contributed by atoms with Crippen LogP contribution in [0.2, 0.25) is 0 Å². The van der Waals surface area contributed by atoms with E-state index in [1.165, 1.54) is 25.3 Å². The van der Waals surface area contributed by atoms with E-state index in [2.05, 4.69) is 4.72 Å². The molecule has 1 N–H and O–H groups in total. The summed E-state index contributed by atoms with van der Waals surface area (Å²) in [6.07, 6.45) is 0.875. The van der Waals surface area contributed by atoms with Gasteiger partial charge in [0.2, 0.25) is 0 Å². The van der Waals surface area contributed by atoms with Crippen LogP contribution in [0.5, 0.6) is 11.5 Å². The van der Waals surface area contributed by atoms with E-state index in [1.807, 2.05) is 18.2 Å². The number of sulfonamides is 1. The van der Waals surface area contributed by atoms with Crippen molar-refractivity contribution in [3.63, 3.8) is 0 Å². The molecular formula is C26H27N3O6S. The van der Waals surface area contributed by atoms with Crippen LogP contribution in [-0.4, -0.2) is 50.6 Å². The van der Waals surface area contributed by atoms with Crippen LogP contribution in [0.15, 0.2) is 76.4 Å². The second kappa shape index (κ2) is 9.69. The molecule has 0 radical (unpaired) electrons. The summed E-state index contributed by atoms with van der Waals surface area (Å²) in [7, 11) is -2.44. The Kier molecular flexibility index (Phi) is 6.44. The normalized spacial score (nSPS) is 18.8. The van der Waals surface area contributed by atoms with Crippen LogP contribution in [0.25, 0.3) is 0 Å². The molecule has 1 aromatic heterocycles. The first-order chi connectivity index (χ1) is 17.3. The third-order valence-electron chi connectivity index (χ3n) is 6.68. The Morgan fingerprint density at radius 3 is 2.44 bits per heavy atom. The van der Waals surface area contributed by atoms with Crippen molar-refractivity contribution in [2.24, 2.45) is 5.92 Å². The maximum absolute atomic E-state index is 13.2. The smallest absolute Gasteiger partial charge is 0.275 e. The van der Waals surface area contributed by atoms with Gasteiger partial charge in [-0.2, -0.15) is 0 Å². The average Bonchev–Trinajstić information content (AvgIpc) is 2.89. The Balaban J connectivity index is 1.31. The zero-order chi connectivity index (χ0) is 25.3. The van der Waals surface area contributed by atoms with Gasteiger partial charge in [-0.1, -0.05) is 18.2 Å². The van der Waals surface area contributed by atoms with Gasteiger partial charge < -0.3 is 18.9 Å². The standard InChI is InChI=1S/C26H27N3O6S/c1-34-20-7-9-22(10-8-20)36(32,33)27-23-11-12-24-19-13-18(15-29(24)26(23)31)14-28(16-19)25(30)17-35-21-5-3-2-4-6-21/h2-12,18-19,27H,13-17H2,1H3. The number of para-hydroxylation sites is 1. The van der Waals surface area contributed by atoms with Crippen molar-refractivity contribution in [1.82, 2.24) is 9.47 Å². The minimum atomic E-state index is -3.94. The summed E-state index contributed by atoms with van der Waals surface area (Å²) in [5.41, 5.74) is 0.426. The van der Waals surface area contributed by atoms with E-state index in [1.54, 1.807) is 39.8 Å². The molecule has 9 nitrogen and oxygen atoms in total. The van der Waals surface area contributed by atoms with E-state index in [0.717, 1.165) is 12.1 Å². The quantitative estimate of drug-likeness (QED) is 0.525. The lowest BCUT2D eigenvalue weighted by Gasteiger charge is -2.42. The number of carbonyl (C=O) groups is 1. The fraction of sp³-hybridized carbons (Fsp3) is 0.308. The highest BCUT2D eigenvalue weighted by atomic mass is 32.2. The van der Waals surface area contributed by atoms with E-state index >= 15 is 0 Å². The Bertz CT molecular complexity index is 1420. The molecule has 3 heterocycles. The summed E-state index contributed by atoms with van der Waals surface area (Å²) in [4.78, 5) is 27.9. The summed E-state index contributed by atoms with van der Waals surface area (Å²) in [6, 6.07) is 18.4. The van der Waals surface area contributed by atoms with Gasteiger partial charge in [-0.25, -0.2) is 8.42 Å². The van der Waals surface area contributed by atoms with E-state index in [-0.39, 0.29) is 40.5 Å². The molecule has 2 aliphatic rings. The second-order valence-electron chi connectivity index (χ2n) is 9.07. The first-order valence-electron chi connectivity index (χ1n) is 11.7. The van der Waals surface area contributed by atoms with Crippen LogP contribution in [0.4, 0.5) is 5.69 Å². The summed E-state index contributed by atoms with van der Waals surface area (Å²) in [5, 5.41) is 0. The van der Waals surface area contributed by atoms with Crippen molar-refractivity contribution in [3.8, 4) is 11.5 Å². The average molecular weight is 510 g/mol. The van der Waals surface area contributed by atoms with Gasteiger partial charge in [0.1, 0.15) is 17.2 Å². The van der Waals surface area contributed by atoms with E-state index in [0.29, 0.717) is 31.1 Å². The van der Waals surface area contributed by atoms with Crippen molar-refractivity contribution in [3.05, 3.63) is 82.8 Å². The van der Waals surface area contributed by atoms with Crippen molar-refractivity contribution >= 4 is 21.6 Å². The van der Waals surface area contributed by atoms with Gasteiger partial charge in [0, 0.05) is 31.2 Å². The highest BCUT2D eigenvalue weighted by Gasteiger charge is 2.37. The first kappa shape index (κ1) is 23.9. The summed E-state index contributed by atoms with van der Waals surface area (Å²) >= 11 is 0. The van der Waals surface area contributed by atoms with Crippen molar-refractivity contribution in [2.45, 2.75) is 23.8 Å². The number of anilines is 1. The molecule has 2 bridgehead atoms. The lowest BCUT2D eigenvalue weighted by atomic mass is 9.83. The molecule has 0 aliphatic carbocycles. The van der Waals surface area contributed by atoms with Gasteiger partial charge in [-0.3, -0.25) is 14.3 Å². The molecule has 2 aromatic carbocycles. The monoisotopic (exact) mass is 509 g/mol. The van der Waals surface area contributed by atoms with Crippen molar-refractivity contribution in [2.75, 3.05) is 31.5 Å². The predicted molar refractivity (Wildman–Crippen MR) is 134 cm³/mol. The molecule has 2 aliphatic heterocycles. The molecule has 1 saturated heterocycles. The zero-order valence-electron chi connectivity index (χ0n) is 19.8. The Morgan fingerprint density at radius 1 is 0.972 bits per heavy atom. The fourth-order valence-corrected chi connectivity index (χ4v) is 6.00. The number of benzene rings is 2. The molecular weight excluding hydrogens is 482 g/mol. The Morgan fingerprint density at radius 2 is 1.72 bits per heavy atom. The van der Waals surface area contributed by atoms with Crippen LogP contribution in [0.1, 0.15) is 18.0 Å². The molecule has 36 heavy (non-hydrogen) atoms. The number of amides is 1. The lowest BCUT2D eigenvalue weighted by Crippen LogP contribution is -2.50. The van der Waals surface area contributed by atoms with Crippen LogP contribution in [0.3, 0.4) is 0 Å². The van der Waals surface area contributed by atoms with E-state index < -0.39 is 10.0 Å². The molecule has 188 valence electrons. The number of carbonyl (C=O) groups excluding carboxylic acids is 1. The number of pyridine rings is 1. The number of nitrogens with zero attached hydrogens (tertiary/aromatic N) is 2. The van der Waals surface area contributed by atoms with E-state index in [4.69, 9.17) is 9.47 Å². The van der Waals surface area contributed by atoms with Crippen LogP contribution in [0, 0.1) is 5.92 Å². The number of fused-ring (bicyclic) bond motifs is 4. The number of piperidine rings is 1. The topological polar surface area (TPSA) is 107 Å². The third-order valence-corrected chi connectivity index (χ3v) is 8.06. The number of aromatic nitrogens is 1. The molecule has 5 rings (SSSR count). The van der Waals surface area contributed by atoms with Crippen LogP contribution in [-0.2, 0) is 21.4 Å². The highest BCUT2D eigenvalue weighted by molar-refractivity contribution is 7.92. The Hall–Kier alpha value is -3.79. The minimum absolute atomic E-state index is 0.00117. The minimum Gasteiger partial charge on any atom is -0.497 e. The number of likely N-dealkylation sites (tertiary alicyclic amines) is 1. The molecule has 0 spiro atoms. The van der Waals surface area contributed by atoms with Gasteiger partial charge in [0.25, 0.3) is 21.5 Å². The summed E-state index contributed by atoms with van der Waals surface area (Å²) < 4.78 is 40.5. The Labute approximate surface area is 209 Å². The predicted octanol–water partition coefficient (Wildman–Crippen LogP) is 2.68. The number of methoxy groups -OCH3 is 1. The largest absolute Gasteiger partial charge is 0.497 e. The first-order valence-corrected chi connectivity index (χ1v) is 13.2. The maximum Gasteiger partial charge on any atom is 0.275 e. The second-order valence-corrected chi connectivity index (χ2v) is 10.8. The van der Waals surface area contributed by atoms with Crippen molar-refractivity contribution < 1.29 is 22.7 Å². The molecule has 1 amide bonds. The summed E-state index contributed by atoms with van der Waals surface area (Å²) in [6.45, 7) is 1.40. The van der Waals surface area contributed by atoms with Gasteiger partial charge in [-0.05, 0) is 60.9 Å². The maximum atomic E-state index is 13.2. The number of ether oxygens (including phenoxy) is 2. The molecule has 10 heteroatoms. The van der Waals surface area contributed by atoms with Gasteiger partial charge in [0.05, 0.1) is 12.0 Å². The third kappa shape index (κ3) is 4.81. The number of hydrogen-bond acceptors (Lipinski definition) is 6. The van der Waals surface area contributed by atoms with E-state index in [9.17, 15) is 18.0 Å². The number of rotatable bonds is 7. The SMILES string of the molecule is COc1ccc(S(=O)(=O)Nc2ccc3n(c2=O)CC2CC3CN(C(=O)COc3ccccc3)C2)cc1. The highest BCUT2D eigenvalue weighted by Crippen LogP contribution is 2.35. The van der Waals surface area contributed by atoms with Gasteiger partial charge >= 0.3 is 0 Å². The van der Waals surface area contributed by atoms with Crippen LogP contribution >= 0.6 is 0 Å². The van der Waals surface area contributed by atoms with Crippen molar-refractivity contribution in [1.29, 1.82) is 0 Å². The summed E-state index contributed by atoms with van der Waals surface area (Å²) in [5.74, 6) is 1.19. The fourth-order valence-electron chi connectivity index (χ4n) is 4.94. The van der Waals surface area contributed by atoms with Crippen LogP contribution < -0.4 is 19.8 Å². The number of nitrogens with one attached hydrogen (secondary N) is 1. The zero-order valence-corrected chi connectivity index (χ0v) is 20.6. The lowest BCUT2D eigenvalue weighted by molar-refractivity contribution is -0.136. The molecule has 3 aromatic rings. The number of hydrogen-bond donors (Lipinski definition) is 1. The molecule has 1 fully saturated rings. The van der Waals surface area contributed by atoms with Gasteiger partial charge in [-0.15, -0.1) is 0 Å².